The van der Waals surface area contributed by atoms with Gasteiger partial charge in [0.05, 0.1) is 12.1 Å². The largest absolute Gasteiger partial charge is 0.494 e. The van der Waals surface area contributed by atoms with Gasteiger partial charge in [-0.15, -0.1) is 0 Å². The van der Waals surface area contributed by atoms with Crippen molar-refractivity contribution in [3.05, 3.63) is 23.0 Å². The zero-order chi connectivity index (χ0) is 18.9. The number of allylic oxidation sites excluding steroid dienone is 1. The molecule has 0 spiro atoms. The van der Waals surface area contributed by atoms with Crippen LogP contribution in [0.2, 0.25) is 18.1 Å². The molecule has 1 rings (SSSR count). The van der Waals surface area contributed by atoms with Crippen molar-refractivity contribution in [3.63, 3.8) is 0 Å². The zero-order valence-electron chi connectivity index (χ0n) is 17.8. The van der Waals surface area contributed by atoms with E-state index >= 15 is 0 Å². The molecule has 0 aromatic carbocycles. The molecule has 0 N–H and O–H groups in total. The van der Waals surface area contributed by atoms with Crippen LogP contribution in [0.25, 0.3) is 0 Å². The Morgan fingerprint density at radius 1 is 1.21 bits per heavy atom. The second kappa shape index (κ2) is 7.34. The average molecular weight is 354 g/mol. The summed E-state index contributed by atoms with van der Waals surface area (Å²) in [5, 5.41) is 0.231. The van der Waals surface area contributed by atoms with Crippen molar-refractivity contribution in [2.45, 2.75) is 84.7 Å². The lowest BCUT2D eigenvalue weighted by molar-refractivity contribution is 0.124. The Hall–Kier alpha value is -0.583. The third-order valence-corrected chi connectivity index (χ3v) is 10.6. The maximum absolute atomic E-state index is 6.64. The van der Waals surface area contributed by atoms with Crippen LogP contribution in [0.3, 0.4) is 0 Å². The van der Waals surface area contributed by atoms with Gasteiger partial charge in [0.25, 0.3) is 0 Å². The Morgan fingerprint density at radius 2 is 1.75 bits per heavy atom. The van der Waals surface area contributed by atoms with Gasteiger partial charge < -0.3 is 9.16 Å². The molecule has 0 fully saturated rings. The summed E-state index contributed by atoms with van der Waals surface area (Å²) in [6, 6.07) is 0. The smallest absolute Gasteiger partial charge is 0.192 e. The van der Waals surface area contributed by atoms with Crippen LogP contribution >= 0.6 is 0 Å². The van der Waals surface area contributed by atoms with Crippen molar-refractivity contribution < 1.29 is 9.16 Å². The second-order valence-electron chi connectivity index (χ2n) is 8.90. The third kappa shape index (κ3) is 4.14. The summed E-state index contributed by atoms with van der Waals surface area (Å²) in [5.74, 6) is 1.03. The van der Waals surface area contributed by atoms with Crippen LogP contribution in [0.4, 0.5) is 0 Å². The second-order valence-corrected chi connectivity index (χ2v) is 13.7. The Kier molecular flexibility index (Phi) is 6.57. The Labute approximate surface area is 151 Å². The molecule has 2 unspecified atom stereocenters. The third-order valence-electron chi connectivity index (χ3n) is 5.95. The summed E-state index contributed by atoms with van der Waals surface area (Å²) in [7, 11) is 2.54. The van der Waals surface area contributed by atoms with Gasteiger partial charge in [-0.05, 0) is 83.6 Å². The van der Waals surface area contributed by atoms with Crippen LogP contribution < -0.4 is 0 Å². The van der Waals surface area contributed by atoms with Crippen molar-refractivity contribution >= 4 is 8.32 Å². The van der Waals surface area contributed by atoms with E-state index in [1.54, 1.807) is 0 Å². The van der Waals surface area contributed by atoms with Gasteiger partial charge >= 0.3 is 0 Å². The summed E-state index contributed by atoms with van der Waals surface area (Å²) in [4.78, 5) is 2.31. The molecular formula is C20H39NO2Si. The van der Waals surface area contributed by atoms with Crippen molar-refractivity contribution in [2.75, 3.05) is 20.7 Å². The van der Waals surface area contributed by atoms with E-state index < -0.39 is 8.32 Å². The topological polar surface area (TPSA) is 21.7 Å². The number of hydrogen-bond acceptors (Lipinski definition) is 3. The molecule has 0 aliphatic heterocycles. The van der Waals surface area contributed by atoms with Crippen molar-refractivity contribution in [1.82, 2.24) is 4.90 Å². The highest BCUT2D eigenvalue weighted by molar-refractivity contribution is 6.74. The van der Waals surface area contributed by atoms with E-state index in [1.165, 1.54) is 11.1 Å². The molecule has 0 aromatic rings. The predicted octanol–water partition coefficient (Wildman–Crippen LogP) is 5.36. The highest BCUT2D eigenvalue weighted by Crippen LogP contribution is 2.43. The van der Waals surface area contributed by atoms with Crippen LogP contribution in [0.1, 0.15) is 54.9 Å². The van der Waals surface area contributed by atoms with Gasteiger partial charge in [-0.25, -0.2) is 0 Å². The molecule has 0 saturated carbocycles. The van der Waals surface area contributed by atoms with Crippen LogP contribution in [0.15, 0.2) is 23.0 Å². The summed E-state index contributed by atoms with van der Waals surface area (Å²) in [6.45, 7) is 20.9. The zero-order valence-corrected chi connectivity index (χ0v) is 18.8. The Morgan fingerprint density at radius 3 is 2.17 bits per heavy atom. The van der Waals surface area contributed by atoms with Crippen LogP contribution in [0, 0.1) is 0 Å². The molecule has 2 atom stereocenters. The lowest BCUT2D eigenvalue weighted by Crippen LogP contribution is -2.49. The van der Waals surface area contributed by atoms with E-state index in [1.807, 2.05) is 6.92 Å². The summed E-state index contributed by atoms with van der Waals surface area (Å²) in [6.07, 6.45) is 3.45. The number of likely N-dealkylation sites (N-methyl/N-ethyl adjacent to an activating group) is 1. The van der Waals surface area contributed by atoms with E-state index in [0.29, 0.717) is 6.61 Å². The Balaban J connectivity index is 3.08. The summed E-state index contributed by atoms with van der Waals surface area (Å²) < 4.78 is 12.5. The van der Waals surface area contributed by atoms with E-state index in [-0.39, 0.29) is 16.7 Å². The molecule has 4 heteroatoms. The number of nitrogens with zero attached hydrogens (tertiary/aromatic N) is 1. The molecule has 0 aromatic heterocycles. The summed E-state index contributed by atoms with van der Waals surface area (Å²) >= 11 is 0. The monoisotopic (exact) mass is 353 g/mol. The lowest BCUT2D eigenvalue weighted by Gasteiger charge is -2.43. The minimum atomic E-state index is -1.77. The van der Waals surface area contributed by atoms with Gasteiger partial charge in [-0.3, -0.25) is 4.90 Å². The average Bonchev–Trinajstić information content (AvgIpc) is 2.63. The summed E-state index contributed by atoms with van der Waals surface area (Å²) in [5.41, 5.74) is 2.53. The first-order valence-corrected chi connectivity index (χ1v) is 12.1. The quantitative estimate of drug-likeness (QED) is 0.575. The minimum Gasteiger partial charge on any atom is -0.494 e. The van der Waals surface area contributed by atoms with Gasteiger partial charge in [0.1, 0.15) is 5.76 Å². The van der Waals surface area contributed by atoms with Crippen LogP contribution in [-0.2, 0) is 9.16 Å². The van der Waals surface area contributed by atoms with Crippen molar-refractivity contribution in [1.29, 1.82) is 0 Å². The molecule has 1 aliphatic carbocycles. The van der Waals surface area contributed by atoms with Crippen LogP contribution in [-0.4, -0.2) is 45.6 Å². The lowest BCUT2D eigenvalue weighted by atomic mass is 9.86. The standard InChI is InChI=1S/C20H39NO2Si/c1-12-22-18-14-20(21(8)9,17(4)16(18)3)13-15(2)23-24(10,11)19(5,6)7/h14-15H,12-13H2,1-11H3. The fourth-order valence-corrected chi connectivity index (χ4v) is 4.71. The van der Waals surface area contributed by atoms with Crippen LogP contribution in [0.5, 0.6) is 0 Å². The molecule has 0 radical (unpaired) electrons. The van der Waals surface area contributed by atoms with Gasteiger partial charge in [0.2, 0.25) is 0 Å². The highest BCUT2D eigenvalue weighted by Gasteiger charge is 2.43. The molecule has 140 valence electrons. The van der Waals surface area contributed by atoms with Crippen molar-refractivity contribution in [3.8, 4) is 0 Å². The van der Waals surface area contributed by atoms with E-state index in [2.05, 4.69) is 79.7 Å². The number of ether oxygens (including phenoxy) is 1. The maximum atomic E-state index is 6.64. The van der Waals surface area contributed by atoms with Gasteiger partial charge in [0, 0.05) is 6.10 Å². The number of hydrogen-bond donors (Lipinski definition) is 0. The van der Waals surface area contributed by atoms with Gasteiger partial charge in [-0.1, -0.05) is 20.8 Å². The fourth-order valence-electron chi connectivity index (χ4n) is 3.27. The minimum absolute atomic E-state index is 0.115. The first-order valence-electron chi connectivity index (χ1n) is 9.17. The number of rotatable bonds is 7. The molecule has 1 aliphatic rings. The fraction of sp³-hybridized carbons (Fsp3) is 0.800. The molecule has 3 nitrogen and oxygen atoms in total. The molecule has 0 heterocycles. The molecule has 0 amide bonds. The van der Waals surface area contributed by atoms with E-state index in [9.17, 15) is 0 Å². The molecule has 0 saturated heterocycles. The van der Waals surface area contributed by atoms with E-state index in [4.69, 9.17) is 9.16 Å². The maximum Gasteiger partial charge on any atom is 0.192 e. The first kappa shape index (κ1) is 21.5. The first-order chi connectivity index (χ1) is 10.8. The SMILES string of the molecule is CCOC1=CC(CC(C)O[Si](C)(C)C(C)(C)C)(N(C)C)C(C)=C1C. The Bertz CT molecular complexity index is 514. The highest BCUT2D eigenvalue weighted by atomic mass is 28.4. The molecule has 0 bridgehead atoms. The molecular weight excluding hydrogens is 314 g/mol. The normalized spacial score (nSPS) is 23.8. The van der Waals surface area contributed by atoms with Crippen molar-refractivity contribution in [2.24, 2.45) is 0 Å². The van der Waals surface area contributed by atoms with Gasteiger partial charge in [0.15, 0.2) is 8.32 Å². The van der Waals surface area contributed by atoms with Gasteiger partial charge in [-0.2, -0.15) is 0 Å². The van der Waals surface area contributed by atoms with E-state index in [0.717, 1.165) is 12.2 Å². The predicted molar refractivity (Wildman–Crippen MR) is 107 cm³/mol. The molecule has 24 heavy (non-hydrogen) atoms.